The Balaban J connectivity index is 2.04. The van der Waals surface area contributed by atoms with Crippen molar-refractivity contribution < 1.29 is 4.74 Å². The van der Waals surface area contributed by atoms with E-state index in [1.54, 1.807) is 13.4 Å². The van der Waals surface area contributed by atoms with Crippen LogP contribution in [0.15, 0.2) is 6.33 Å². The summed E-state index contributed by atoms with van der Waals surface area (Å²) >= 11 is 0. The number of rotatable bonds is 4. The third-order valence-electron chi connectivity index (χ3n) is 2.61. The van der Waals surface area contributed by atoms with Gasteiger partial charge in [-0.2, -0.15) is 0 Å². The molecule has 1 saturated heterocycles. The van der Waals surface area contributed by atoms with Crippen LogP contribution in [0, 0.1) is 0 Å². The molecule has 0 amide bonds. The molecule has 1 N–H and O–H groups in total. The van der Waals surface area contributed by atoms with Crippen LogP contribution in [0.2, 0.25) is 0 Å². The van der Waals surface area contributed by atoms with Crippen LogP contribution >= 0.6 is 0 Å². The van der Waals surface area contributed by atoms with E-state index >= 15 is 0 Å². The lowest BCUT2D eigenvalue weighted by Crippen LogP contribution is -2.14. The van der Waals surface area contributed by atoms with E-state index in [0.717, 1.165) is 31.9 Å². The fourth-order valence-corrected chi connectivity index (χ4v) is 1.82. The Kier molecular flexibility index (Phi) is 3.10. The zero-order valence-corrected chi connectivity index (χ0v) is 8.44. The molecule has 78 valence electrons. The molecule has 0 spiro atoms. The summed E-state index contributed by atoms with van der Waals surface area (Å²) in [6, 6.07) is 0. The van der Waals surface area contributed by atoms with Gasteiger partial charge in [-0.1, -0.05) is 0 Å². The number of hydrogen-bond donors (Lipinski definition) is 1. The highest BCUT2D eigenvalue weighted by Crippen LogP contribution is 2.19. The minimum Gasteiger partial charge on any atom is -0.383 e. The van der Waals surface area contributed by atoms with Crippen LogP contribution in [-0.4, -0.2) is 41.6 Å². The Morgan fingerprint density at radius 1 is 1.71 bits per heavy atom. The number of hydrogen-bond acceptors (Lipinski definition) is 4. The fourth-order valence-electron chi connectivity index (χ4n) is 1.82. The number of ether oxygens (including phenoxy) is 1. The van der Waals surface area contributed by atoms with Gasteiger partial charge in [-0.25, -0.2) is 0 Å². The van der Waals surface area contributed by atoms with E-state index in [1.165, 1.54) is 0 Å². The van der Waals surface area contributed by atoms with Crippen LogP contribution in [0.3, 0.4) is 0 Å². The van der Waals surface area contributed by atoms with Crippen molar-refractivity contribution in [3.8, 4) is 0 Å². The first-order chi connectivity index (χ1) is 6.92. The van der Waals surface area contributed by atoms with E-state index < -0.39 is 0 Å². The predicted octanol–water partition coefficient (Wildman–Crippen LogP) is 0.00140. The van der Waals surface area contributed by atoms with Crippen molar-refractivity contribution in [2.75, 3.05) is 26.8 Å². The van der Waals surface area contributed by atoms with Gasteiger partial charge in [0, 0.05) is 26.1 Å². The lowest BCUT2D eigenvalue weighted by atomic mass is 10.1. The molecule has 5 nitrogen and oxygen atoms in total. The van der Waals surface area contributed by atoms with E-state index in [-0.39, 0.29) is 0 Å². The van der Waals surface area contributed by atoms with Gasteiger partial charge in [0.15, 0.2) is 0 Å². The first kappa shape index (κ1) is 9.61. The minimum absolute atomic E-state index is 0.523. The highest BCUT2D eigenvalue weighted by Gasteiger charge is 2.21. The van der Waals surface area contributed by atoms with Gasteiger partial charge in [0.25, 0.3) is 0 Å². The predicted molar refractivity (Wildman–Crippen MR) is 52.1 cm³/mol. The van der Waals surface area contributed by atoms with Crippen LogP contribution in [0.25, 0.3) is 0 Å². The summed E-state index contributed by atoms with van der Waals surface area (Å²) in [5.41, 5.74) is 0. The second-order valence-corrected chi connectivity index (χ2v) is 3.57. The van der Waals surface area contributed by atoms with Crippen LogP contribution in [0.4, 0.5) is 0 Å². The van der Waals surface area contributed by atoms with Crippen LogP contribution in [0.1, 0.15) is 18.2 Å². The van der Waals surface area contributed by atoms with Gasteiger partial charge in [-0.3, -0.25) is 0 Å². The zero-order chi connectivity index (χ0) is 9.80. The molecule has 1 unspecified atom stereocenters. The van der Waals surface area contributed by atoms with Crippen molar-refractivity contribution in [2.24, 2.45) is 0 Å². The molecule has 0 radical (unpaired) electrons. The summed E-state index contributed by atoms with van der Waals surface area (Å²) in [4.78, 5) is 0. The number of nitrogens with zero attached hydrogens (tertiary/aromatic N) is 3. The molecule has 1 atom stereocenters. The molecule has 14 heavy (non-hydrogen) atoms. The minimum atomic E-state index is 0.523. The smallest absolute Gasteiger partial charge is 0.137 e. The van der Waals surface area contributed by atoms with Gasteiger partial charge in [0.05, 0.1) is 6.61 Å². The maximum Gasteiger partial charge on any atom is 0.137 e. The summed E-state index contributed by atoms with van der Waals surface area (Å²) in [5, 5.41) is 11.4. The van der Waals surface area contributed by atoms with Crippen LogP contribution < -0.4 is 5.32 Å². The van der Waals surface area contributed by atoms with Gasteiger partial charge in [0.2, 0.25) is 0 Å². The van der Waals surface area contributed by atoms with Crippen molar-refractivity contribution in [2.45, 2.75) is 18.9 Å². The van der Waals surface area contributed by atoms with Crippen molar-refractivity contribution >= 4 is 0 Å². The van der Waals surface area contributed by atoms with Crippen molar-refractivity contribution in [3.05, 3.63) is 12.2 Å². The largest absolute Gasteiger partial charge is 0.383 e. The van der Waals surface area contributed by atoms with Crippen molar-refractivity contribution in [1.29, 1.82) is 0 Å². The average molecular weight is 196 g/mol. The third-order valence-corrected chi connectivity index (χ3v) is 2.61. The Hall–Kier alpha value is -0.940. The van der Waals surface area contributed by atoms with E-state index in [4.69, 9.17) is 4.74 Å². The molecule has 5 heteroatoms. The fraction of sp³-hybridized carbons (Fsp3) is 0.778. The number of nitrogens with one attached hydrogen (secondary N) is 1. The van der Waals surface area contributed by atoms with Gasteiger partial charge in [-0.15, -0.1) is 10.2 Å². The van der Waals surface area contributed by atoms with Gasteiger partial charge < -0.3 is 14.6 Å². The van der Waals surface area contributed by atoms with Crippen LogP contribution in [-0.2, 0) is 11.3 Å². The topological polar surface area (TPSA) is 52.0 Å². The van der Waals surface area contributed by atoms with E-state index in [1.807, 2.05) is 0 Å². The lowest BCUT2D eigenvalue weighted by Gasteiger charge is -2.09. The summed E-state index contributed by atoms with van der Waals surface area (Å²) in [7, 11) is 1.71. The molecule has 1 aromatic heterocycles. The maximum atomic E-state index is 5.04. The zero-order valence-electron chi connectivity index (χ0n) is 8.44. The third kappa shape index (κ3) is 1.93. The average Bonchev–Trinajstić information content (AvgIpc) is 2.84. The van der Waals surface area contributed by atoms with Gasteiger partial charge in [0.1, 0.15) is 12.2 Å². The molecule has 0 aliphatic carbocycles. The van der Waals surface area contributed by atoms with E-state index in [9.17, 15) is 0 Å². The molecular formula is C9H16N4O. The second kappa shape index (κ2) is 4.52. The second-order valence-electron chi connectivity index (χ2n) is 3.57. The quantitative estimate of drug-likeness (QED) is 0.736. The molecule has 1 fully saturated rings. The Labute approximate surface area is 83.5 Å². The molecular weight excluding hydrogens is 180 g/mol. The van der Waals surface area contributed by atoms with Gasteiger partial charge >= 0.3 is 0 Å². The summed E-state index contributed by atoms with van der Waals surface area (Å²) in [6.45, 7) is 3.66. The lowest BCUT2D eigenvalue weighted by molar-refractivity contribution is 0.186. The van der Waals surface area contributed by atoms with Crippen molar-refractivity contribution in [1.82, 2.24) is 20.1 Å². The monoisotopic (exact) mass is 196 g/mol. The highest BCUT2D eigenvalue weighted by molar-refractivity contribution is 5.00. The van der Waals surface area contributed by atoms with Gasteiger partial charge in [-0.05, 0) is 13.0 Å². The molecule has 2 rings (SSSR count). The number of aromatic nitrogens is 3. The molecule has 0 aromatic carbocycles. The highest BCUT2D eigenvalue weighted by atomic mass is 16.5. The first-order valence-electron chi connectivity index (χ1n) is 4.99. The van der Waals surface area contributed by atoms with E-state index in [0.29, 0.717) is 12.5 Å². The molecule has 1 aromatic rings. The maximum absolute atomic E-state index is 5.04. The van der Waals surface area contributed by atoms with E-state index in [2.05, 4.69) is 20.1 Å². The molecule has 1 aliphatic rings. The Morgan fingerprint density at radius 3 is 3.36 bits per heavy atom. The SMILES string of the molecule is COCCn1cnnc1C1CCNC1. The molecule has 2 heterocycles. The molecule has 1 aliphatic heterocycles. The Bertz CT molecular complexity index is 280. The summed E-state index contributed by atoms with van der Waals surface area (Å²) in [6.07, 6.45) is 2.94. The summed E-state index contributed by atoms with van der Waals surface area (Å²) in [5.74, 6) is 1.61. The molecule has 0 saturated carbocycles. The Morgan fingerprint density at radius 2 is 2.64 bits per heavy atom. The normalized spacial score (nSPS) is 21.6. The first-order valence-corrected chi connectivity index (χ1v) is 4.99. The van der Waals surface area contributed by atoms with Crippen LogP contribution in [0.5, 0.6) is 0 Å². The molecule has 0 bridgehead atoms. The summed E-state index contributed by atoms with van der Waals surface area (Å²) < 4.78 is 7.13. The van der Waals surface area contributed by atoms with Crippen molar-refractivity contribution in [3.63, 3.8) is 0 Å². The number of methoxy groups -OCH3 is 1. The standard InChI is InChI=1S/C9H16N4O/c1-14-5-4-13-7-11-12-9(13)8-2-3-10-6-8/h7-8,10H,2-6H2,1H3.